The molecule has 0 fully saturated rings. The highest BCUT2D eigenvalue weighted by Crippen LogP contribution is 2.50. The summed E-state index contributed by atoms with van der Waals surface area (Å²) < 4.78 is 0. The molecule has 106 valence electrons. The normalized spacial score (nSPS) is 21.0. The van der Waals surface area contributed by atoms with E-state index >= 15 is 0 Å². The molecule has 3 aromatic carbocycles. The van der Waals surface area contributed by atoms with Gasteiger partial charge in [-0.1, -0.05) is 54.6 Å². The topological polar surface area (TPSA) is 40.5 Å². The van der Waals surface area contributed by atoms with E-state index in [0.717, 1.165) is 22.1 Å². The molecule has 2 atom stereocenters. The van der Waals surface area contributed by atoms with Gasteiger partial charge in [0, 0.05) is 0 Å². The fourth-order valence-electron chi connectivity index (χ4n) is 3.83. The van der Waals surface area contributed by atoms with E-state index in [2.05, 4.69) is 36.4 Å². The molecular formula is C20H14O2. The minimum absolute atomic E-state index is 0.811. The van der Waals surface area contributed by atoms with Crippen LogP contribution in [0.1, 0.15) is 17.2 Å². The van der Waals surface area contributed by atoms with Crippen LogP contribution in [0.5, 0.6) is 0 Å². The number of benzene rings is 3. The molecule has 2 aliphatic rings. The molecule has 2 aliphatic carbocycles. The van der Waals surface area contributed by atoms with Crippen LogP contribution in [0.3, 0.4) is 0 Å². The van der Waals surface area contributed by atoms with Crippen LogP contribution in [0.2, 0.25) is 0 Å². The van der Waals surface area contributed by atoms with E-state index in [0.29, 0.717) is 0 Å². The van der Waals surface area contributed by atoms with E-state index in [1.807, 2.05) is 18.2 Å². The van der Waals surface area contributed by atoms with Crippen molar-refractivity contribution in [2.24, 2.45) is 0 Å². The van der Waals surface area contributed by atoms with Crippen molar-refractivity contribution in [2.45, 2.75) is 12.2 Å². The van der Waals surface area contributed by atoms with Gasteiger partial charge in [0.1, 0.15) is 12.2 Å². The Bertz CT molecular complexity index is 969. The molecule has 0 amide bonds. The minimum Gasteiger partial charge on any atom is -0.386 e. The van der Waals surface area contributed by atoms with Crippen LogP contribution in [0.25, 0.3) is 39.1 Å². The van der Waals surface area contributed by atoms with Gasteiger partial charge in [-0.15, -0.1) is 0 Å². The van der Waals surface area contributed by atoms with Gasteiger partial charge in [-0.3, -0.25) is 0 Å². The summed E-state index contributed by atoms with van der Waals surface area (Å²) >= 11 is 0. The second kappa shape index (κ2) is 4.07. The largest absolute Gasteiger partial charge is 0.386 e. The van der Waals surface area contributed by atoms with Crippen molar-refractivity contribution in [3.63, 3.8) is 0 Å². The van der Waals surface area contributed by atoms with Crippen molar-refractivity contribution < 1.29 is 10.2 Å². The molecule has 0 aliphatic heterocycles. The summed E-state index contributed by atoms with van der Waals surface area (Å²) in [6.07, 6.45) is 1.90. The molecular weight excluding hydrogens is 272 g/mol. The number of aliphatic hydroxyl groups excluding tert-OH is 2. The van der Waals surface area contributed by atoms with Crippen LogP contribution in [0.15, 0.2) is 54.6 Å². The van der Waals surface area contributed by atoms with E-state index < -0.39 is 12.2 Å². The van der Waals surface area contributed by atoms with E-state index in [1.54, 1.807) is 6.08 Å². The first-order valence-electron chi connectivity index (χ1n) is 7.49. The molecule has 2 heteroatoms. The molecule has 0 heterocycles. The molecule has 0 unspecified atom stereocenters. The molecule has 22 heavy (non-hydrogen) atoms. The van der Waals surface area contributed by atoms with Crippen molar-refractivity contribution in [2.75, 3.05) is 0 Å². The predicted molar refractivity (Wildman–Crippen MR) is 88.4 cm³/mol. The molecule has 5 rings (SSSR count). The molecule has 0 aromatic heterocycles. The summed E-state index contributed by atoms with van der Waals surface area (Å²) in [6.45, 7) is 0. The Kier molecular flexibility index (Phi) is 2.25. The lowest BCUT2D eigenvalue weighted by Crippen LogP contribution is -2.19. The first-order valence-corrected chi connectivity index (χ1v) is 7.49. The molecule has 3 aromatic rings. The Morgan fingerprint density at radius 3 is 2.32 bits per heavy atom. The molecule has 0 spiro atoms. The van der Waals surface area contributed by atoms with Crippen molar-refractivity contribution >= 4 is 16.8 Å². The monoisotopic (exact) mass is 286 g/mol. The minimum atomic E-state index is -0.864. The molecule has 0 saturated heterocycles. The summed E-state index contributed by atoms with van der Waals surface area (Å²) in [5.41, 5.74) is 6.68. The quantitative estimate of drug-likeness (QED) is 0.514. The lowest BCUT2D eigenvalue weighted by molar-refractivity contribution is 0.0471. The van der Waals surface area contributed by atoms with E-state index in [9.17, 15) is 10.2 Å². The molecule has 2 N–H and O–H groups in total. The van der Waals surface area contributed by atoms with Gasteiger partial charge < -0.3 is 10.2 Å². The Morgan fingerprint density at radius 2 is 1.50 bits per heavy atom. The highest BCUT2D eigenvalue weighted by atomic mass is 16.3. The number of hydrogen-bond acceptors (Lipinski definition) is 2. The van der Waals surface area contributed by atoms with Crippen LogP contribution in [0.4, 0.5) is 0 Å². The highest BCUT2D eigenvalue weighted by molar-refractivity contribution is 6.17. The van der Waals surface area contributed by atoms with Crippen LogP contribution in [0, 0.1) is 0 Å². The van der Waals surface area contributed by atoms with Gasteiger partial charge in [0.25, 0.3) is 0 Å². The third kappa shape index (κ3) is 1.36. The Balaban J connectivity index is 1.98. The fraction of sp³-hybridized carbons (Fsp3) is 0.100. The lowest BCUT2D eigenvalue weighted by Gasteiger charge is -2.24. The zero-order valence-electron chi connectivity index (χ0n) is 11.8. The van der Waals surface area contributed by atoms with E-state index in [4.69, 9.17) is 0 Å². The summed E-state index contributed by atoms with van der Waals surface area (Å²) in [5, 5.41) is 22.7. The maximum absolute atomic E-state index is 10.4. The van der Waals surface area contributed by atoms with Gasteiger partial charge in [-0.05, 0) is 50.2 Å². The first-order chi connectivity index (χ1) is 10.8. The van der Waals surface area contributed by atoms with E-state index in [1.165, 1.54) is 22.1 Å². The second-order valence-electron chi connectivity index (χ2n) is 6.00. The molecule has 0 saturated carbocycles. The smallest absolute Gasteiger partial charge is 0.109 e. The average Bonchev–Trinajstić information content (AvgIpc) is 2.88. The molecule has 2 nitrogen and oxygen atoms in total. The standard InChI is InChI=1S/C20H14O2/c21-18-9-8-13-15-7-3-6-14-11-4-1-2-5-12(11)16(19(14)15)10-17(13)20(18)22/h1-10,18,20-22H/t18-,20+/m0/s1. The van der Waals surface area contributed by atoms with Crippen LogP contribution in [-0.2, 0) is 0 Å². The Hall–Kier alpha value is -2.42. The van der Waals surface area contributed by atoms with Gasteiger partial charge in [0.05, 0.1) is 0 Å². The van der Waals surface area contributed by atoms with Crippen LogP contribution in [-0.4, -0.2) is 16.3 Å². The SMILES string of the molecule is O[C@@H]1c2cc3c4c(cccc4c2C=C[C@@H]1O)-c1ccccc1-3. The summed E-state index contributed by atoms with van der Waals surface area (Å²) in [4.78, 5) is 0. The predicted octanol–water partition coefficient (Wildman–Crippen LogP) is 3.91. The van der Waals surface area contributed by atoms with Crippen molar-refractivity contribution in [1.29, 1.82) is 0 Å². The van der Waals surface area contributed by atoms with Gasteiger partial charge in [0.2, 0.25) is 0 Å². The number of fused-ring (bicyclic) bond motifs is 5. The van der Waals surface area contributed by atoms with E-state index in [-0.39, 0.29) is 0 Å². The third-order valence-corrected chi connectivity index (χ3v) is 4.84. The molecule has 0 radical (unpaired) electrons. The third-order valence-electron chi connectivity index (χ3n) is 4.84. The first kappa shape index (κ1) is 12.2. The average molecular weight is 286 g/mol. The highest BCUT2D eigenvalue weighted by Gasteiger charge is 2.28. The second-order valence-corrected chi connectivity index (χ2v) is 6.00. The summed E-state index contributed by atoms with van der Waals surface area (Å²) in [6, 6.07) is 16.7. The Morgan fingerprint density at radius 1 is 0.773 bits per heavy atom. The number of aliphatic hydroxyl groups is 2. The maximum atomic E-state index is 10.4. The van der Waals surface area contributed by atoms with Crippen LogP contribution >= 0.6 is 0 Å². The summed E-state index contributed by atoms with van der Waals surface area (Å²) in [7, 11) is 0. The van der Waals surface area contributed by atoms with Crippen molar-refractivity contribution in [3.05, 3.63) is 65.7 Å². The fourth-order valence-corrected chi connectivity index (χ4v) is 3.83. The van der Waals surface area contributed by atoms with Gasteiger partial charge in [-0.2, -0.15) is 0 Å². The van der Waals surface area contributed by atoms with Crippen molar-refractivity contribution in [1.82, 2.24) is 0 Å². The number of rotatable bonds is 0. The Labute approximate surface area is 128 Å². The van der Waals surface area contributed by atoms with Gasteiger partial charge in [0.15, 0.2) is 0 Å². The van der Waals surface area contributed by atoms with Gasteiger partial charge in [-0.25, -0.2) is 0 Å². The summed E-state index contributed by atoms with van der Waals surface area (Å²) in [5.74, 6) is 0. The lowest BCUT2D eigenvalue weighted by atomic mass is 9.86. The zero-order valence-corrected chi connectivity index (χ0v) is 11.8. The number of hydrogen-bond donors (Lipinski definition) is 2. The molecule has 0 bridgehead atoms. The van der Waals surface area contributed by atoms with Crippen LogP contribution < -0.4 is 0 Å². The van der Waals surface area contributed by atoms with Gasteiger partial charge >= 0.3 is 0 Å². The van der Waals surface area contributed by atoms with Crippen molar-refractivity contribution in [3.8, 4) is 22.3 Å². The maximum Gasteiger partial charge on any atom is 0.109 e. The zero-order chi connectivity index (χ0) is 14.8.